The Hall–Kier alpha value is -1.88. The second-order valence-electron chi connectivity index (χ2n) is 5.84. The van der Waals surface area contributed by atoms with Crippen molar-refractivity contribution >= 4 is 17.6 Å². The van der Waals surface area contributed by atoms with Crippen molar-refractivity contribution in [2.45, 2.75) is 46.1 Å². The van der Waals surface area contributed by atoms with Crippen LogP contribution in [0, 0.1) is 13.8 Å². The van der Waals surface area contributed by atoms with Crippen LogP contribution in [-0.2, 0) is 14.3 Å². The number of anilines is 1. The predicted octanol–water partition coefficient (Wildman–Crippen LogP) is 2.56. The highest BCUT2D eigenvalue weighted by Crippen LogP contribution is 2.19. The monoisotopic (exact) mass is 306 g/mol. The van der Waals surface area contributed by atoms with Crippen LogP contribution >= 0.6 is 0 Å². The number of carbonyl (C=O) groups excluding carboxylic acids is 2. The van der Waals surface area contributed by atoms with Gasteiger partial charge in [0, 0.05) is 11.2 Å². The molecule has 1 aromatic carbocycles. The summed E-state index contributed by atoms with van der Waals surface area (Å²) in [6.45, 7) is 7.96. The zero-order valence-electron chi connectivity index (χ0n) is 14.1. The first-order chi connectivity index (χ1) is 10.3. The van der Waals surface area contributed by atoms with Gasteiger partial charge >= 0.3 is 5.97 Å². The zero-order chi connectivity index (χ0) is 16.8. The molecule has 0 aliphatic heterocycles. The van der Waals surface area contributed by atoms with Crippen molar-refractivity contribution in [3.05, 3.63) is 29.3 Å². The van der Waals surface area contributed by atoms with E-state index in [9.17, 15) is 9.59 Å². The molecule has 0 fully saturated rings. The van der Waals surface area contributed by atoms with Gasteiger partial charge < -0.3 is 15.4 Å². The standard InChI is InChI=1S/C17H26N2O3/c1-6-17(4,10-15(21)22-5)18-11-14(20)19-16-12(2)8-7-9-13(16)3/h7-9,18H,6,10-11H2,1-5H3,(H,19,20)/t17-/m0/s1. The molecule has 0 heterocycles. The van der Waals surface area contributed by atoms with Gasteiger partial charge in [0.05, 0.1) is 20.1 Å². The van der Waals surface area contributed by atoms with Crippen molar-refractivity contribution < 1.29 is 14.3 Å². The number of ether oxygens (including phenoxy) is 1. The molecular weight excluding hydrogens is 280 g/mol. The van der Waals surface area contributed by atoms with Crippen molar-refractivity contribution in [3.8, 4) is 0 Å². The lowest BCUT2D eigenvalue weighted by Crippen LogP contribution is -2.47. The molecule has 122 valence electrons. The first-order valence-corrected chi connectivity index (χ1v) is 7.49. The van der Waals surface area contributed by atoms with Gasteiger partial charge in [-0.25, -0.2) is 0 Å². The van der Waals surface area contributed by atoms with Crippen LogP contribution in [0.4, 0.5) is 5.69 Å². The molecule has 5 heteroatoms. The van der Waals surface area contributed by atoms with Crippen molar-refractivity contribution in [1.29, 1.82) is 0 Å². The highest BCUT2D eigenvalue weighted by atomic mass is 16.5. The van der Waals surface area contributed by atoms with Gasteiger partial charge in [-0.05, 0) is 38.3 Å². The molecule has 0 aliphatic carbocycles. The quantitative estimate of drug-likeness (QED) is 0.760. The number of benzene rings is 1. The number of para-hydroxylation sites is 1. The minimum atomic E-state index is -0.453. The molecule has 22 heavy (non-hydrogen) atoms. The van der Waals surface area contributed by atoms with Crippen LogP contribution in [0.15, 0.2) is 18.2 Å². The molecule has 5 nitrogen and oxygen atoms in total. The van der Waals surface area contributed by atoms with Crippen LogP contribution in [-0.4, -0.2) is 31.1 Å². The molecule has 0 unspecified atom stereocenters. The van der Waals surface area contributed by atoms with E-state index in [1.54, 1.807) is 0 Å². The van der Waals surface area contributed by atoms with Crippen LogP contribution in [0.5, 0.6) is 0 Å². The molecule has 0 aliphatic rings. The maximum Gasteiger partial charge on any atom is 0.307 e. The first-order valence-electron chi connectivity index (χ1n) is 7.49. The molecule has 1 atom stereocenters. The minimum absolute atomic E-state index is 0.123. The minimum Gasteiger partial charge on any atom is -0.469 e. The molecule has 0 aromatic heterocycles. The maximum absolute atomic E-state index is 12.1. The number of hydrogen-bond acceptors (Lipinski definition) is 4. The molecule has 0 saturated carbocycles. The van der Waals surface area contributed by atoms with E-state index in [1.807, 2.05) is 45.9 Å². The number of carbonyl (C=O) groups is 2. The van der Waals surface area contributed by atoms with Gasteiger partial charge in [-0.15, -0.1) is 0 Å². The second-order valence-corrected chi connectivity index (χ2v) is 5.84. The van der Waals surface area contributed by atoms with E-state index in [4.69, 9.17) is 4.74 Å². The molecule has 2 N–H and O–H groups in total. The second kappa shape index (κ2) is 7.94. The zero-order valence-corrected chi connectivity index (χ0v) is 14.1. The van der Waals surface area contributed by atoms with E-state index in [-0.39, 0.29) is 24.8 Å². The Labute approximate surface area is 132 Å². The van der Waals surface area contributed by atoms with Gasteiger partial charge in [-0.3, -0.25) is 9.59 Å². The fourth-order valence-corrected chi connectivity index (χ4v) is 2.19. The Bertz CT molecular complexity index is 522. The van der Waals surface area contributed by atoms with E-state index < -0.39 is 5.54 Å². The number of esters is 1. The van der Waals surface area contributed by atoms with Crippen molar-refractivity contribution in [2.24, 2.45) is 0 Å². The third kappa shape index (κ3) is 5.15. The lowest BCUT2D eigenvalue weighted by Gasteiger charge is -2.28. The summed E-state index contributed by atoms with van der Waals surface area (Å²) in [6, 6.07) is 5.88. The number of nitrogens with one attached hydrogen (secondary N) is 2. The highest BCUT2D eigenvalue weighted by Gasteiger charge is 2.26. The fraction of sp³-hybridized carbons (Fsp3) is 0.529. The summed E-state index contributed by atoms with van der Waals surface area (Å²) in [5.74, 6) is -0.408. The fourth-order valence-electron chi connectivity index (χ4n) is 2.19. The van der Waals surface area contributed by atoms with Gasteiger partial charge in [0.1, 0.15) is 0 Å². The third-order valence-corrected chi connectivity index (χ3v) is 3.96. The number of amides is 1. The van der Waals surface area contributed by atoms with Crippen LogP contribution in [0.3, 0.4) is 0 Å². The summed E-state index contributed by atoms with van der Waals surface area (Å²) in [5, 5.41) is 6.08. The van der Waals surface area contributed by atoms with Gasteiger partial charge in [0.25, 0.3) is 0 Å². The molecule has 1 amide bonds. The highest BCUT2D eigenvalue weighted by molar-refractivity contribution is 5.93. The lowest BCUT2D eigenvalue weighted by molar-refractivity contribution is -0.142. The molecule has 1 rings (SSSR count). The van der Waals surface area contributed by atoms with Gasteiger partial charge in [0.2, 0.25) is 5.91 Å². The van der Waals surface area contributed by atoms with E-state index in [0.29, 0.717) is 0 Å². The Morgan fingerprint density at radius 2 is 1.82 bits per heavy atom. The summed E-state index contributed by atoms with van der Waals surface area (Å²) in [4.78, 5) is 23.6. The van der Waals surface area contributed by atoms with E-state index >= 15 is 0 Å². The molecule has 0 radical (unpaired) electrons. The molecule has 1 aromatic rings. The largest absolute Gasteiger partial charge is 0.469 e. The summed E-state index contributed by atoms with van der Waals surface area (Å²) in [5.41, 5.74) is 2.45. The Balaban J connectivity index is 2.63. The van der Waals surface area contributed by atoms with Crippen molar-refractivity contribution in [2.75, 3.05) is 19.0 Å². The van der Waals surface area contributed by atoms with Crippen molar-refractivity contribution in [3.63, 3.8) is 0 Å². The topological polar surface area (TPSA) is 67.4 Å². The smallest absolute Gasteiger partial charge is 0.307 e. The number of methoxy groups -OCH3 is 1. The normalized spacial score (nSPS) is 13.3. The predicted molar refractivity (Wildman–Crippen MR) is 87.9 cm³/mol. The summed E-state index contributed by atoms with van der Waals surface area (Å²) in [7, 11) is 1.37. The molecule has 0 spiro atoms. The molecule has 0 bridgehead atoms. The van der Waals surface area contributed by atoms with E-state index in [1.165, 1.54) is 7.11 Å². The Morgan fingerprint density at radius 3 is 2.32 bits per heavy atom. The number of rotatable bonds is 7. The average Bonchev–Trinajstić information content (AvgIpc) is 2.49. The number of aryl methyl sites for hydroxylation is 2. The van der Waals surface area contributed by atoms with Crippen LogP contribution in [0.2, 0.25) is 0 Å². The maximum atomic E-state index is 12.1. The number of hydrogen-bond donors (Lipinski definition) is 2. The molecule has 0 saturated heterocycles. The van der Waals surface area contributed by atoms with E-state index in [2.05, 4.69) is 10.6 Å². The van der Waals surface area contributed by atoms with Crippen molar-refractivity contribution in [1.82, 2.24) is 5.32 Å². The summed E-state index contributed by atoms with van der Waals surface area (Å²) >= 11 is 0. The van der Waals surface area contributed by atoms with Gasteiger partial charge in [0.15, 0.2) is 0 Å². The Kier molecular flexibility index (Phi) is 6.56. The first kappa shape index (κ1) is 18.2. The van der Waals surface area contributed by atoms with Gasteiger partial charge in [-0.1, -0.05) is 25.1 Å². The van der Waals surface area contributed by atoms with Crippen LogP contribution in [0.1, 0.15) is 37.8 Å². The van der Waals surface area contributed by atoms with Gasteiger partial charge in [-0.2, -0.15) is 0 Å². The summed E-state index contributed by atoms with van der Waals surface area (Å²) < 4.78 is 4.70. The lowest BCUT2D eigenvalue weighted by atomic mass is 9.94. The average molecular weight is 306 g/mol. The third-order valence-electron chi connectivity index (χ3n) is 3.96. The van der Waals surface area contributed by atoms with Crippen LogP contribution < -0.4 is 10.6 Å². The Morgan fingerprint density at radius 1 is 1.23 bits per heavy atom. The summed E-state index contributed by atoms with van der Waals surface area (Å²) in [6.07, 6.45) is 0.954. The molecular formula is C17H26N2O3. The SMILES string of the molecule is CC[C@@](C)(CC(=O)OC)NCC(=O)Nc1c(C)cccc1C. The van der Waals surface area contributed by atoms with Crippen LogP contribution in [0.25, 0.3) is 0 Å². The van der Waals surface area contributed by atoms with E-state index in [0.717, 1.165) is 23.2 Å².